The zero-order valence-electron chi connectivity index (χ0n) is 22.4. The molecule has 39 heavy (non-hydrogen) atoms. The molecule has 0 spiro atoms. The van der Waals surface area contributed by atoms with E-state index in [0.29, 0.717) is 0 Å². The number of hydrogen-bond donors (Lipinski definition) is 1. The largest absolute Gasteiger partial charge is 0.383 e. The van der Waals surface area contributed by atoms with Crippen LogP contribution in [0.3, 0.4) is 0 Å². The van der Waals surface area contributed by atoms with E-state index in [9.17, 15) is 5.11 Å². The number of aliphatic hydroxyl groups excluding tert-OH is 1. The second-order valence-electron chi connectivity index (χ2n) is 10.6. The third-order valence-corrected chi connectivity index (χ3v) is 10.6. The lowest BCUT2D eigenvalue weighted by Gasteiger charge is -2.09. The molecule has 9 nitrogen and oxygen atoms in total. The van der Waals surface area contributed by atoms with Crippen molar-refractivity contribution in [3.63, 3.8) is 0 Å². The molecule has 13 heteroatoms. The van der Waals surface area contributed by atoms with E-state index in [1.807, 2.05) is 36.6 Å². The average Bonchev–Trinajstić information content (AvgIpc) is 3.76. The molecule has 0 amide bonds. The lowest BCUT2D eigenvalue weighted by molar-refractivity contribution is 0.217. The smallest absolute Gasteiger partial charge is 0.129 e. The van der Waals surface area contributed by atoms with E-state index in [2.05, 4.69) is 115 Å². The normalized spacial score (nSPS) is 15.9. The van der Waals surface area contributed by atoms with Gasteiger partial charge >= 0.3 is 0 Å². The van der Waals surface area contributed by atoms with Crippen LogP contribution in [0, 0.1) is 33.1 Å². The third kappa shape index (κ3) is 7.00. The van der Waals surface area contributed by atoms with Crippen LogP contribution in [0.2, 0.25) is 0 Å². The SMILES string of the molecule is Cc1nn(CC2CC2)c(Br)c1C(O)c1cn(C)nc1I.Cc1nn(CC2CC2)c(Br)c1Cc1cn(C)nc1I. The van der Waals surface area contributed by atoms with Gasteiger partial charge in [-0.2, -0.15) is 20.4 Å². The molecule has 0 aliphatic heterocycles. The molecule has 2 aliphatic rings. The van der Waals surface area contributed by atoms with Gasteiger partial charge in [0.2, 0.25) is 0 Å². The molecule has 2 aliphatic carbocycles. The van der Waals surface area contributed by atoms with Gasteiger partial charge in [-0.15, -0.1) is 0 Å². The Bertz CT molecular complexity index is 1480. The first kappa shape index (κ1) is 29.7. The quantitative estimate of drug-likeness (QED) is 0.217. The number of aliphatic hydroxyl groups is 1. The monoisotopic (exact) mass is 884 g/mol. The van der Waals surface area contributed by atoms with E-state index in [1.54, 1.807) is 4.68 Å². The predicted octanol–water partition coefficient (Wildman–Crippen LogP) is 6.08. The maximum Gasteiger partial charge on any atom is 0.129 e. The van der Waals surface area contributed by atoms with Crippen LogP contribution in [0.1, 0.15) is 65.4 Å². The van der Waals surface area contributed by atoms with Gasteiger partial charge in [-0.25, -0.2) is 0 Å². The van der Waals surface area contributed by atoms with Gasteiger partial charge in [0, 0.05) is 68.3 Å². The van der Waals surface area contributed by atoms with E-state index in [-0.39, 0.29) is 0 Å². The molecule has 0 radical (unpaired) electrons. The van der Waals surface area contributed by atoms with Crippen LogP contribution < -0.4 is 0 Å². The first-order chi connectivity index (χ1) is 18.5. The first-order valence-electron chi connectivity index (χ1n) is 13.0. The summed E-state index contributed by atoms with van der Waals surface area (Å²) in [5.41, 5.74) is 6.20. The fourth-order valence-corrected chi connectivity index (χ4v) is 7.46. The summed E-state index contributed by atoms with van der Waals surface area (Å²) in [7, 11) is 3.82. The van der Waals surface area contributed by atoms with Crippen molar-refractivity contribution in [2.24, 2.45) is 25.9 Å². The molecular formula is C26H32Br2I2N8O. The van der Waals surface area contributed by atoms with E-state index in [1.165, 1.54) is 36.8 Å². The standard InChI is InChI=1S/C13H16BrIN4O.C13H16BrIN4/c1-7-10(11(20)9-6-18(2)17-13(9)15)12(14)19(16-7)5-8-3-4-8;1-8-11(5-10-7-18(2)17-13(10)15)12(14)19(16-8)6-9-3-4-9/h6,8,11,20H,3-5H2,1-2H3;7,9H,3-6H2,1-2H3. The zero-order valence-corrected chi connectivity index (χ0v) is 29.9. The van der Waals surface area contributed by atoms with Gasteiger partial charge in [-0.05, 0) is 128 Å². The Balaban J connectivity index is 0.000000158. The Kier molecular flexibility index (Phi) is 9.30. The highest BCUT2D eigenvalue weighted by Gasteiger charge is 2.28. The van der Waals surface area contributed by atoms with E-state index in [0.717, 1.165) is 70.5 Å². The van der Waals surface area contributed by atoms with Crippen molar-refractivity contribution in [1.82, 2.24) is 39.1 Å². The minimum atomic E-state index is -0.696. The molecule has 2 fully saturated rings. The molecule has 0 bridgehead atoms. The van der Waals surface area contributed by atoms with Crippen LogP contribution in [0.15, 0.2) is 21.6 Å². The Morgan fingerprint density at radius 1 is 0.846 bits per heavy atom. The highest BCUT2D eigenvalue weighted by atomic mass is 127. The summed E-state index contributed by atoms with van der Waals surface area (Å²) in [6.07, 6.45) is 9.40. The Labute approximate surface area is 272 Å². The van der Waals surface area contributed by atoms with Gasteiger partial charge in [-0.1, -0.05) is 0 Å². The van der Waals surface area contributed by atoms with Crippen LogP contribution in [0.4, 0.5) is 0 Å². The minimum absolute atomic E-state index is 0.696. The molecule has 4 aromatic rings. The fourth-order valence-electron chi connectivity index (χ4n) is 4.64. The van der Waals surface area contributed by atoms with Crippen LogP contribution in [0.5, 0.6) is 0 Å². The number of halogens is 4. The minimum Gasteiger partial charge on any atom is -0.383 e. The molecule has 1 unspecified atom stereocenters. The third-order valence-electron chi connectivity index (χ3n) is 7.15. The number of hydrogen-bond acceptors (Lipinski definition) is 5. The van der Waals surface area contributed by atoms with E-state index < -0.39 is 6.10 Å². The lowest BCUT2D eigenvalue weighted by Crippen LogP contribution is -2.04. The molecule has 0 saturated heterocycles. The first-order valence-corrected chi connectivity index (χ1v) is 16.8. The van der Waals surface area contributed by atoms with Crippen molar-refractivity contribution in [3.8, 4) is 0 Å². The number of aromatic nitrogens is 8. The van der Waals surface area contributed by atoms with Crippen molar-refractivity contribution >= 4 is 77.0 Å². The zero-order chi connectivity index (χ0) is 28.0. The molecule has 1 atom stereocenters. The van der Waals surface area contributed by atoms with Crippen molar-refractivity contribution < 1.29 is 5.11 Å². The van der Waals surface area contributed by atoms with Gasteiger partial charge in [-0.3, -0.25) is 18.7 Å². The van der Waals surface area contributed by atoms with Gasteiger partial charge in [0.1, 0.15) is 22.7 Å². The average molecular weight is 886 g/mol. The van der Waals surface area contributed by atoms with Gasteiger partial charge in [0.05, 0.1) is 11.4 Å². The molecule has 0 aromatic carbocycles. The molecule has 6 rings (SSSR count). The van der Waals surface area contributed by atoms with Crippen molar-refractivity contribution in [2.75, 3.05) is 0 Å². The van der Waals surface area contributed by atoms with Crippen molar-refractivity contribution in [1.29, 1.82) is 0 Å². The second-order valence-corrected chi connectivity index (χ2v) is 14.2. The Morgan fingerprint density at radius 3 is 1.90 bits per heavy atom. The van der Waals surface area contributed by atoms with E-state index in [4.69, 9.17) is 0 Å². The summed E-state index contributed by atoms with van der Waals surface area (Å²) in [5.74, 6) is 1.58. The fraction of sp³-hybridized carbons (Fsp3) is 0.538. The summed E-state index contributed by atoms with van der Waals surface area (Å²) in [6, 6.07) is 0. The molecular weight excluding hydrogens is 854 g/mol. The summed E-state index contributed by atoms with van der Waals surface area (Å²) < 4.78 is 11.6. The van der Waals surface area contributed by atoms with E-state index >= 15 is 0 Å². The van der Waals surface area contributed by atoms with Crippen molar-refractivity contribution in [2.45, 2.75) is 65.1 Å². The van der Waals surface area contributed by atoms with Crippen LogP contribution in [0.25, 0.3) is 0 Å². The van der Waals surface area contributed by atoms with Gasteiger partial charge < -0.3 is 5.11 Å². The number of nitrogens with zero attached hydrogens (tertiary/aromatic N) is 8. The highest BCUT2D eigenvalue weighted by molar-refractivity contribution is 14.1. The lowest BCUT2D eigenvalue weighted by atomic mass is 10.1. The van der Waals surface area contributed by atoms with Crippen LogP contribution >= 0.6 is 77.0 Å². The topological polar surface area (TPSA) is 91.5 Å². The van der Waals surface area contributed by atoms with Crippen molar-refractivity contribution in [3.05, 3.63) is 62.6 Å². The predicted molar refractivity (Wildman–Crippen MR) is 173 cm³/mol. The summed E-state index contributed by atoms with van der Waals surface area (Å²) in [6.45, 7) is 6.01. The maximum atomic E-state index is 10.7. The molecule has 4 aromatic heterocycles. The van der Waals surface area contributed by atoms with Gasteiger partial charge in [0.15, 0.2) is 0 Å². The molecule has 4 heterocycles. The molecule has 2 saturated carbocycles. The molecule has 1 N–H and O–H groups in total. The maximum absolute atomic E-state index is 10.7. The summed E-state index contributed by atoms with van der Waals surface area (Å²) in [4.78, 5) is 0. The highest BCUT2D eigenvalue weighted by Crippen LogP contribution is 2.36. The second kappa shape index (κ2) is 12.2. The van der Waals surface area contributed by atoms with Crippen LogP contribution in [-0.4, -0.2) is 44.2 Å². The summed E-state index contributed by atoms with van der Waals surface area (Å²) >= 11 is 11.8. The Hall–Kier alpha value is -0.780. The molecule has 210 valence electrons. The number of aryl methyl sites for hydroxylation is 4. The Morgan fingerprint density at radius 2 is 1.38 bits per heavy atom. The number of rotatable bonds is 8. The summed E-state index contributed by atoms with van der Waals surface area (Å²) in [5, 5.41) is 28.6. The van der Waals surface area contributed by atoms with Crippen LogP contribution in [-0.2, 0) is 33.6 Å². The van der Waals surface area contributed by atoms with Gasteiger partial charge in [0.25, 0.3) is 0 Å².